The van der Waals surface area contributed by atoms with Gasteiger partial charge in [0.05, 0.1) is 7.11 Å². The predicted molar refractivity (Wildman–Crippen MR) is 116 cm³/mol. The van der Waals surface area contributed by atoms with Crippen LogP contribution >= 0.6 is 0 Å². The van der Waals surface area contributed by atoms with Gasteiger partial charge >= 0.3 is 0 Å². The summed E-state index contributed by atoms with van der Waals surface area (Å²) >= 11 is 0. The van der Waals surface area contributed by atoms with Crippen molar-refractivity contribution in [3.05, 3.63) is 89.5 Å². The highest BCUT2D eigenvalue weighted by molar-refractivity contribution is 6.07. The summed E-state index contributed by atoms with van der Waals surface area (Å²) in [4.78, 5) is 25.1. The van der Waals surface area contributed by atoms with Crippen molar-refractivity contribution in [3.63, 3.8) is 0 Å². The number of rotatable bonds is 6. The first-order valence-corrected chi connectivity index (χ1v) is 9.43. The Kier molecular flexibility index (Phi) is 6.29. The van der Waals surface area contributed by atoms with Gasteiger partial charge in [-0.3, -0.25) is 9.59 Å². The molecule has 0 saturated carbocycles. The number of para-hydroxylation sites is 1. The molecule has 5 heteroatoms. The first kappa shape index (κ1) is 20.1. The molecule has 3 aromatic carbocycles. The third-order valence-corrected chi connectivity index (χ3v) is 4.57. The van der Waals surface area contributed by atoms with Gasteiger partial charge in [-0.1, -0.05) is 38.1 Å². The van der Waals surface area contributed by atoms with Crippen LogP contribution in [0.1, 0.15) is 46.0 Å². The summed E-state index contributed by atoms with van der Waals surface area (Å²) in [5, 5.41) is 5.78. The highest BCUT2D eigenvalue weighted by Gasteiger charge is 2.12. The van der Waals surface area contributed by atoms with E-state index in [0.717, 1.165) is 11.3 Å². The first-order chi connectivity index (χ1) is 14.0. The van der Waals surface area contributed by atoms with Crippen LogP contribution < -0.4 is 15.4 Å². The van der Waals surface area contributed by atoms with Crippen LogP contribution in [0, 0.1) is 0 Å². The van der Waals surface area contributed by atoms with Gasteiger partial charge in [0.25, 0.3) is 11.8 Å². The molecular formula is C24H24N2O3. The Morgan fingerprint density at radius 3 is 2.03 bits per heavy atom. The van der Waals surface area contributed by atoms with Crippen LogP contribution in [0.25, 0.3) is 0 Å². The molecule has 0 saturated heterocycles. The van der Waals surface area contributed by atoms with Crippen LogP contribution in [0.5, 0.6) is 5.75 Å². The average molecular weight is 388 g/mol. The van der Waals surface area contributed by atoms with Gasteiger partial charge < -0.3 is 15.4 Å². The Morgan fingerprint density at radius 2 is 1.41 bits per heavy atom. The summed E-state index contributed by atoms with van der Waals surface area (Å²) in [7, 11) is 1.57. The topological polar surface area (TPSA) is 67.4 Å². The van der Waals surface area contributed by atoms with Crippen molar-refractivity contribution < 1.29 is 14.3 Å². The number of hydrogen-bond donors (Lipinski definition) is 2. The lowest BCUT2D eigenvalue weighted by atomic mass is 10.0. The number of nitrogens with one attached hydrogen (secondary N) is 2. The van der Waals surface area contributed by atoms with E-state index < -0.39 is 0 Å². The van der Waals surface area contributed by atoms with E-state index >= 15 is 0 Å². The number of ether oxygens (including phenoxy) is 1. The lowest BCUT2D eigenvalue weighted by Gasteiger charge is -2.13. The highest BCUT2D eigenvalue weighted by Crippen LogP contribution is 2.24. The normalized spacial score (nSPS) is 10.5. The molecule has 29 heavy (non-hydrogen) atoms. The Balaban J connectivity index is 1.69. The molecule has 2 amide bonds. The minimum absolute atomic E-state index is 0.210. The van der Waals surface area contributed by atoms with Crippen LogP contribution in [0.4, 0.5) is 11.4 Å². The molecule has 0 aliphatic carbocycles. The molecule has 3 aromatic rings. The van der Waals surface area contributed by atoms with E-state index in [9.17, 15) is 9.59 Å². The van der Waals surface area contributed by atoms with Crippen molar-refractivity contribution in [1.29, 1.82) is 0 Å². The molecule has 0 atom stereocenters. The van der Waals surface area contributed by atoms with Crippen LogP contribution in [0.2, 0.25) is 0 Å². The molecule has 5 nitrogen and oxygen atoms in total. The van der Waals surface area contributed by atoms with Crippen LogP contribution in [0.15, 0.2) is 72.8 Å². The number of carbonyl (C=O) groups is 2. The zero-order chi connectivity index (χ0) is 20.8. The summed E-state index contributed by atoms with van der Waals surface area (Å²) in [5.41, 5.74) is 3.47. The number of benzene rings is 3. The molecule has 0 aliphatic rings. The van der Waals surface area contributed by atoms with Crippen molar-refractivity contribution in [2.45, 2.75) is 19.8 Å². The Labute approximate surface area is 170 Å². The standard InChI is InChI=1S/C24H24N2O3/c1-16(2)21-9-4-5-10-22(21)26-24(28)18-13-11-17(12-14-18)23(27)25-19-7-6-8-20(15-19)29-3/h4-16H,1-3H3,(H,25,27)(H,26,28). The third kappa shape index (κ3) is 5.02. The van der Waals surface area contributed by atoms with Gasteiger partial charge in [-0.05, 0) is 53.9 Å². The lowest BCUT2D eigenvalue weighted by Crippen LogP contribution is -2.15. The average Bonchev–Trinajstić information content (AvgIpc) is 2.74. The molecular weight excluding hydrogens is 364 g/mol. The molecule has 148 valence electrons. The minimum Gasteiger partial charge on any atom is -0.497 e. The molecule has 3 rings (SSSR count). The van der Waals surface area contributed by atoms with Crippen LogP contribution in [0.3, 0.4) is 0 Å². The summed E-state index contributed by atoms with van der Waals surface area (Å²) in [5.74, 6) is 0.499. The third-order valence-electron chi connectivity index (χ3n) is 4.57. The van der Waals surface area contributed by atoms with E-state index in [1.165, 1.54) is 0 Å². The van der Waals surface area contributed by atoms with Crippen molar-refractivity contribution in [3.8, 4) is 5.75 Å². The zero-order valence-corrected chi connectivity index (χ0v) is 16.7. The van der Waals surface area contributed by atoms with Gasteiger partial charge in [-0.15, -0.1) is 0 Å². The SMILES string of the molecule is COc1cccc(NC(=O)c2ccc(C(=O)Nc3ccccc3C(C)C)cc2)c1. The first-order valence-electron chi connectivity index (χ1n) is 9.43. The number of carbonyl (C=O) groups excluding carboxylic acids is 2. The fourth-order valence-corrected chi connectivity index (χ4v) is 2.99. The highest BCUT2D eigenvalue weighted by atomic mass is 16.5. The van der Waals surface area contributed by atoms with Gasteiger partial charge in [0.15, 0.2) is 0 Å². The van der Waals surface area contributed by atoms with Gasteiger partial charge in [0.1, 0.15) is 5.75 Å². The van der Waals surface area contributed by atoms with Gasteiger partial charge in [0.2, 0.25) is 0 Å². The van der Waals surface area contributed by atoms with Crippen LogP contribution in [-0.2, 0) is 0 Å². The zero-order valence-electron chi connectivity index (χ0n) is 16.7. The van der Waals surface area contributed by atoms with E-state index in [0.29, 0.717) is 28.5 Å². The second-order valence-corrected chi connectivity index (χ2v) is 6.96. The molecule has 0 heterocycles. The Bertz CT molecular complexity index is 1010. The van der Waals surface area contributed by atoms with E-state index in [4.69, 9.17) is 4.74 Å². The monoisotopic (exact) mass is 388 g/mol. The smallest absolute Gasteiger partial charge is 0.255 e. The molecule has 0 radical (unpaired) electrons. The second-order valence-electron chi connectivity index (χ2n) is 6.96. The van der Waals surface area contributed by atoms with Crippen molar-refractivity contribution in [1.82, 2.24) is 0 Å². The van der Waals surface area contributed by atoms with Crippen LogP contribution in [-0.4, -0.2) is 18.9 Å². The fraction of sp³-hybridized carbons (Fsp3) is 0.167. The van der Waals surface area contributed by atoms with E-state index in [1.54, 1.807) is 55.6 Å². The van der Waals surface area contributed by atoms with Gasteiger partial charge in [-0.2, -0.15) is 0 Å². The van der Waals surface area contributed by atoms with E-state index in [-0.39, 0.29) is 11.8 Å². The molecule has 0 aliphatic heterocycles. The second kappa shape index (κ2) is 9.06. The minimum atomic E-state index is -0.254. The number of amides is 2. The van der Waals surface area contributed by atoms with Gasteiger partial charge in [-0.25, -0.2) is 0 Å². The molecule has 0 fully saturated rings. The van der Waals surface area contributed by atoms with E-state index in [2.05, 4.69) is 24.5 Å². The summed E-state index contributed by atoms with van der Waals surface area (Å²) in [6.45, 7) is 4.17. The largest absolute Gasteiger partial charge is 0.497 e. The summed E-state index contributed by atoms with van der Waals surface area (Å²) in [6.07, 6.45) is 0. The summed E-state index contributed by atoms with van der Waals surface area (Å²) < 4.78 is 5.16. The molecule has 2 N–H and O–H groups in total. The van der Waals surface area contributed by atoms with E-state index in [1.807, 2.05) is 24.3 Å². The maximum Gasteiger partial charge on any atom is 0.255 e. The molecule has 0 aromatic heterocycles. The maximum absolute atomic E-state index is 12.6. The fourth-order valence-electron chi connectivity index (χ4n) is 2.99. The molecule has 0 bridgehead atoms. The predicted octanol–water partition coefficient (Wildman–Crippen LogP) is 5.32. The quantitative estimate of drug-likeness (QED) is 0.600. The maximum atomic E-state index is 12.6. The van der Waals surface area contributed by atoms with Gasteiger partial charge in [0, 0.05) is 28.6 Å². The number of anilines is 2. The Morgan fingerprint density at radius 1 is 0.793 bits per heavy atom. The van der Waals surface area contributed by atoms with Crippen molar-refractivity contribution in [2.75, 3.05) is 17.7 Å². The number of hydrogen-bond acceptors (Lipinski definition) is 3. The molecule has 0 unspecified atom stereocenters. The lowest BCUT2D eigenvalue weighted by molar-refractivity contribution is 0.101. The number of methoxy groups -OCH3 is 1. The van der Waals surface area contributed by atoms with Crippen molar-refractivity contribution >= 4 is 23.2 Å². The molecule has 0 spiro atoms. The van der Waals surface area contributed by atoms with Crippen molar-refractivity contribution in [2.24, 2.45) is 0 Å². The Hall–Kier alpha value is -3.60. The summed E-state index contributed by atoms with van der Waals surface area (Å²) in [6, 6.07) is 21.5.